The molecule has 0 spiro atoms. The molecule has 0 radical (unpaired) electrons. The molecule has 9 heteroatoms. The van der Waals surface area contributed by atoms with Crippen LogP contribution in [0.5, 0.6) is 11.5 Å². The molecule has 1 heterocycles. The molecule has 152 valence electrons. The number of anilines is 1. The Morgan fingerprint density at radius 3 is 2.50 bits per heavy atom. The molecule has 1 N–H and O–H groups in total. The Hall–Kier alpha value is -2.74. The van der Waals surface area contributed by atoms with Crippen LogP contribution in [0.4, 0.5) is 5.69 Å². The summed E-state index contributed by atoms with van der Waals surface area (Å²) in [6.45, 7) is 6.86. The second-order valence-electron chi connectivity index (χ2n) is 6.45. The quantitative estimate of drug-likeness (QED) is 0.705. The first-order valence-corrected chi connectivity index (χ1v) is 9.03. The van der Waals surface area contributed by atoms with E-state index in [9.17, 15) is 9.59 Å². The van der Waals surface area contributed by atoms with Crippen LogP contribution < -0.4 is 14.8 Å². The minimum atomic E-state index is -0.703. The van der Waals surface area contributed by atoms with E-state index in [1.54, 1.807) is 18.7 Å². The highest BCUT2D eigenvalue weighted by molar-refractivity contribution is 6.32. The predicted octanol–water partition coefficient (Wildman–Crippen LogP) is 3.28. The average molecular weight is 410 g/mol. The van der Waals surface area contributed by atoms with Crippen LogP contribution in [0.25, 0.3) is 0 Å². The van der Waals surface area contributed by atoms with Gasteiger partial charge in [0.1, 0.15) is 0 Å². The number of carbonyl (C=O) groups excluding carboxylic acids is 2. The van der Waals surface area contributed by atoms with E-state index in [0.29, 0.717) is 22.9 Å². The van der Waals surface area contributed by atoms with E-state index in [2.05, 4.69) is 10.4 Å². The number of carbonyl (C=O) groups is 2. The van der Waals surface area contributed by atoms with Crippen LogP contribution in [0.3, 0.4) is 0 Å². The van der Waals surface area contributed by atoms with Crippen molar-refractivity contribution >= 4 is 29.2 Å². The number of esters is 1. The van der Waals surface area contributed by atoms with Gasteiger partial charge in [0.15, 0.2) is 18.1 Å². The van der Waals surface area contributed by atoms with Gasteiger partial charge in [-0.3, -0.25) is 9.48 Å². The van der Waals surface area contributed by atoms with Crippen molar-refractivity contribution in [2.24, 2.45) is 7.05 Å². The molecule has 0 bridgehead atoms. The van der Waals surface area contributed by atoms with Crippen LogP contribution in [0.1, 0.15) is 35.6 Å². The van der Waals surface area contributed by atoms with Gasteiger partial charge in [-0.2, -0.15) is 5.10 Å². The van der Waals surface area contributed by atoms with Gasteiger partial charge in [0.05, 0.1) is 40.9 Å². The summed E-state index contributed by atoms with van der Waals surface area (Å²) in [6, 6.07) is 2.87. The number of halogens is 1. The van der Waals surface area contributed by atoms with Gasteiger partial charge in [0, 0.05) is 7.05 Å². The van der Waals surface area contributed by atoms with Crippen molar-refractivity contribution in [3.63, 3.8) is 0 Å². The number of amides is 1. The van der Waals surface area contributed by atoms with Crippen molar-refractivity contribution in [2.75, 3.05) is 19.0 Å². The average Bonchev–Trinajstić information content (AvgIpc) is 2.86. The van der Waals surface area contributed by atoms with E-state index < -0.39 is 18.5 Å². The summed E-state index contributed by atoms with van der Waals surface area (Å²) in [5.74, 6) is -0.522. The summed E-state index contributed by atoms with van der Waals surface area (Å²) in [4.78, 5) is 24.5. The molecular weight excluding hydrogens is 386 g/mol. The lowest BCUT2D eigenvalue weighted by atomic mass is 10.2. The van der Waals surface area contributed by atoms with Crippen LogP contribution in [0.2, 0.25) is 5.02 Å². The molecule has 0 aliphatic heterocycles. The molecule has 0 saturated carbocycles. The topological polar surface area (TPSA) is 91.7 Å². The zero-order valence-electron chi connectivity index (χ0n) is 16.8. The summed E-state index contributed by atoms with van der Waals surface area (Å²) < 4.78 is 17.6. The molecule has 0 unspecified atom stereocenters. The molecule has 0 aliphatic carbocycles. The fraction of sp³-hybridized carbons (Fsp3) is 0.421. The molecule has 8 nitrogen and oxygen atoms in total. The molecule has 0 atom stereocenters. The summed E-state index contributed by atoms with van der Waals surface area (Å²) in [5, 5.41) is 7.13. The fourth-order valence-corrected chi connectivity index (χ4v) is 2.79. The Balaban J connectivity index is 2.06. The first-order valence-electron chi connectivity index (χ1n) is 8.65. The number of hydrogen-bond acceptors (Lipinski definition) is 6. The van der Waals surface area contributed by atoms with Gasteiger partial charge in [0.2, 0.25) is 0 Å². The van der Waals surface area contributed by atoms with E-state index in [1.165, 1.54) is 19.2 Å². The van der Waals surface area contributed by atoms with Crippen molar-refractivity contribution in [3.8, 4) is 11.5 Å². The van der Waals surface area contributed by atoms with Crippen LogP contribution in [-0.2, 0) is 16.6 Å². The molecule has 2 aromatic rings. The number of benzene rings is 1. The summed E-state index contributed by atoms with van der Waals surface area (Å²) in [5.41, 5.74) is 2.23. The van der Waals surface area contributed by atoms with E-state index in [-0.39, 0.29) is 16.7 Å². The molecule has 0 aliphatic rings. The number of hydrogen-bond donors (Lipinski definition) is 1. The van der Waals surface area contributed by atoms with Gasteiger partial charge in [-0.1, -0.05) is 11.6 Å². The molecular formula is C19H24ClN3O5. The number of methoxy groups -OCH3 is 1. The van der Waals surface area contributed by atoms with E-state index in [1.807, 2.05) is 20.8 Å². The number of aryl methyl sites for hydroxylation is 2. The normalized spacial score (nSPS) is 10.7. The van der Waals surface area contributed by atoms with Gasteiger partial charge in [0.25, 0.3) is 5.91 Å². The Morgan fingerprint density at radius 2 is 1.96 bits per heavy atom. The zero-order chi connectivity index (χ0) is 21.0. The number of nitrogens with one attached hydrogen (secondary N) is 1. The predicted molar refractivity (Wildman–Crippen MR) is 105 cm³/mol. The van der Waals surface area contributed by atoms with Crippen molar-refractivity contribution in [1.29, 1.82) is 0 Å². The van der Waals surface area contributed by atoms with E-state index in [0.717, 1.165) is 5.69 Å². The lowest BCUT2D eigenvalue weighted by molar-refractivity contribution is -0.119. The highest BCUT2D eigenvalue weighted by atomic mass is 35.5. The highest BCUT2D eigenvalue weighted by Gasteiger charge is 2.19. The molecule has 28 heavy (non-hydrogen) atoms. The number of aromatic nitrogens is 2. The molecule has 2 rings (SSSR count). The Kier molecular flexibility index (Phi) is 6.90. The second-order valence-corrected chi connectivity index (χ2v) is 6.86. The third-order valence-corrected chi connectivity index (χ3v) is 4.21. The molecule has 0 fully saturated rings. The maximum absolute atomic E-state index is 12.3. The van der Waals surface area contributed by atoms with Gasteiger partial charge in [-0.05, 0) is 39.8 Å². The van der Waals surface area contributed by atoms with Crippen molar-refractivity contribution < 1.29 is 23.8 Å². The highest BCUT2D eigenvalue weighted by Crippen LogP contribution is 2.37. The van der Waals surface area contributed by atoms with Crippen LogP contribution >= 0.6 is 11.6 Å². The third kappa shape index (κ3) is 4.95. The van der Waals surface area contributed by atoms with Gasteiger partial charge in [-0.25, -0.2) is 4.79 Å². The van der Waals surface area contributed by atoms with Gasteiger partial charge >= 0.3 is 5.97 Å². The number of ether oxygens (including phenoxy) is 3. The summed E-state index contributed by atoms with van der Waals surface area (Å²) >= 11 is 6.21. The lowest BCUT2D eigenvalue weighted by Crippen LogP contribution is -2.21. The Labute approximate surface area is 168 Å². The van der Waals surface area contributed by atoms with E-state index >= 15 is 0 Å². The van der Waals surface area contributed by atoms with Gasteiger partial charge in [-0.15, -0.1) is 0 Å². The third-order valence-electron chi connectivity index (χ3n) is 3.93. The van der Waals surface area contributed by atoms with Crippen LogP contribution in [-0.4, -0.2) is 41.5 Å². The van der Waals surface area contributed by atoms with Gasteiger partial charge < -0.3 is 19.5 Å². The first-order chi connectivity index (χ1) is 13.1. The minimum Gasteiger partial charge on any atom is -0.493 e. The fourth-order valence-electron chi connectivity index (χ4n) is 2.53. The monoisotopic (exact) mass is 409 g/mol. The molecule has 1 aromatic heterocycles. The second kappa shape index (κ2) is 8.97. The molecule has 1 aromatic carbocycles. The Bertz CT molecular complexity index is 892. The summed E-state index contributed by atoms with van der Waals surface area (Å²) in [7, 11) is 3.22. The number of rotatable bonds is 7. The minimum absolute atomic E-state index is 0.118. The smallest absolute Gasteiger partial charge is 0.338 e. The lowest BCUT2D eigenvalue weighted by Gasteiger charge is -2.16. The Morgan fingerprint density at radius 1 is 1.29 bits per heavy atom. The maximum atomic E-state index is 12.3. The summed E-state index contributed by atoms with van der Waals surface area (Å²) in [6.07, 6.45) is -0.118. The van der Waals surface area contributed by atoms with E-state index in [4.69, 9.17) is 25.8 Å². The SMILES string of the molecule is COc1cc(C(=O)OCC(=O)Nc2c(C)nn(C)c2C)cc(Cl)c1OC(C)C. The standard InChI is InChI=1S/C19H24ClN3O5/c1-10(2)28-18-14(20)7-13(8-15(18)26-6)19(25)27-9-16(24)21-17-11(3)22-23(5)12(17)4/h7-8,10H,9H2,1-6H3,(H,21,24). The van der Waals surface area contributed by atoms with Crippen LogP contribution in [0, 0.1) is 13.8 Å². The maximum Gasteiger partial charge on any atom is 0.338 e. The van der Waals surface area contributed by atoms with Crippen molar-refractivity contribution in [3.05, 3.63) is 34.1 Å². The number of nitrogens with zero attached hydrogens (tertiary/aromatic N) is 2. The largest absolute Gasteiger partial charge is 0.493 e. The molecule has 0 saturated heterocycles. The molecule has 1 amide bonds. The van der Waals surface area contributed by atoms with Crippen molar-refractivity contribution in [2.45, 2.75) is 33.8 Å². The first kappa shape index (κ1) is 21.6. The van der Waals surface area contributed by atoms with Crippen molar-refractivity contribution in [1.82, 2.24) is 9.78 Å². The zero-order valence-corrected chi connectivity index (χ0v) is 17.5. The van der Waals surface area contributed by atoms with Crippen LogP contribution in [0.15, 0.2) is 12.1 Å².